The third kappa shape index (κ3) is 1.22. The normalized spacial score (nSPS) is 17.3. The predicted octanol–water partition coefficient (Wildman–Crippen LogP) is 3.39. The maximum absolute atomic E-state index is 9.13. The lowest BCUT2D eigenvalue weighted by atomic mass is 9.95. The zero-order chi connectivity index (χ0) is 10.3. The van der Waals surface area contributed by atoms with Crippen molar-refractivity contribution in [1.82, 2.24) is 0 Å². The van der Waals surface area contributed by atoms with Crippen LogP contribution >= 0.6 is 0 Å². The minimum Gasteiger partial charge on any atom is -0.197 e. The Morgan fingerprint density at radius 2 is 1.73 bits per heavy atom. The number of hydrogen-bond donors (Lipinski definition) is 0. The Balaban J connectivity index is 2.19. The van der Waals surface area contributed by atoms with Gasteiger partial charge in [-0.2, -0.15) is 5.26 Å². The molecule has 0 heterocycles. The standard InChI is InChI=1S/C14H11N/c15-10-14(7-8-14)13-6-5-11-3-1-2-4-12(11)9-13/h1-6,9H,7-8H2. The van der Waals surface area contributed by atoms with Crippen molar-refractivity contribution in [1.29, 1.82) is 5.26 Å². The van der Waals surface area contributed by atoms with E-state index >= 15 is 0 Å². The molecule has 0 aromatic heterocycles. The average Bonchev–Trinajstić information content (AvgIpc) is 3.09. The fourth-order valence-electron chi connectivity index (χ4n) is 2.08. The van der Waals surface area contributed by atoms with Crippen molar-refractivity contribution in [2.75, 3.05) is 0 Å². The van der Waals surface area contributed by atoms with Gasteiger partial charge < -0.3 is 0 Å². The van der Waals surface area contributed by atoms with Crippen LogP contribution in [0.1, 0.15) is 18.4 Å². The smallest absolute Gasteiger partial charge is 0.0824 e. The summed E-state index contributed by atoms with van der Waals surface area (Å²) < 4.78 is 0. The van der Waals surface area contributed by atoms with Crippen LogP contribution in [0.25, 0.3) is 10.8 Å². The van der Waals surface area contributed by atoms with Gasteiger partial charge in [0.2, 0.25) is 0 Å². The lowest BCUT2D eigenvalue weighted by Crippen LogP contribution is -2.01. The monoisotopic (exact) mass is 193 g/mol. The van der Waals surface area contributed by atoms with E-state index in [9.17, 15) is 0 Å². The molecule has 2 aromatic carbocycles. The molecule has 1 saturated carbocycles. The molecule has 1 heteroatoms. The molecule has 0 amide bonds. The van der Waals surface area contributed by atoms with Crippen molar-refractivity contribution < 1.29 is 0 Å². The Bertz CT molecular complexity index is 559. The predicted molar refractivity (Wildman–Crippen MR) is 60.5 cm³/mol. The van der Waals surface area contributed by atoms with Gasteiger partial charge in [-0.25, -0.2) is 0 Å². The molecule has 0 atom stereocenters. The largest absolute Gasteiger partial charge is 0.197 e. The molecule has 0 spiro atoms. The minimum absolute atomic E-state index is 0.163. The Hall–Kier alpha value is -1.81. The summed E-state index contributed by atoms with van der Waals surface area (Å²) in [5.74, 6) is 0. The number of benzene rings is 2. The van der Waals surface area contributed by atoms with Crippen LogP contribution in [-0.4, -0.2) is 0 Å². The lowest BCUT2D eigenvalue weighted by Gasteiger charge is -2.07. The number of fused-ring (bicyclic) bond motifs is 1. The molecule has 2 aromatic rings. The van der Waals surface area contributed by atoms with E-state index in [1.165, 1.54) is 16.3 Å². The van der Waals surface area contributed by atoms with Gasteiger partial charge in [-0.05, 0) is 35.2 Å². The van der Waals surface area contributed by atoms with Gasteiger partial charge in [-0.15, -0.1) is 0 Å². The first-order chi connectivity index (χ1) is 7.34. The summed E-state index contributed by atoms with van der Waals surface area (Å²) in [7, 11) is 0. The molecule has 0 radical (unpaired) electrons. The Labute approximate surface area is 89.0 Å². The van der Waals surface area contributed by atoms with Crippen LogP contribution in [0, 0.1) is 11.3 Å². The fourth-order valence-corrected chi connectivity index (χ4v) is 2.08. The lowest BCUT2D eigenvalue weighted by molar-refractivity contribution is 0.911. The van der Waals surface area contributed by atoms with Gasteiger partial charge in [0.15, 0.2) is 0 Å². The Morgan fingerprint density at radius 3 is 2.40 bits per heavy atom. The van der Waals surface area contributed by atoms with Gasteiger partial charge in [0.05, 0.1) is 11.5 Å². The number of nitrogens with zero attached hydrogens (tertiary/aromatic N) is 1. The first-order valence-corrected chi connectivity index (χ1v) is 5.25. The van der Waals surface area contributed by atoms with E-state index in [2.05, 4.69) is 36.4 Å². The summed E-state index contributed by atoms with van der Waals surface area (Å²) >= 11 is 0. The highest BCUT2D eigenvalue weighted by Gasteiger charge is 2.44. The molecule has 1 aliphatic rings. The zero-order valence-corrected chi connectivity index (χ0v) is 8.40. The summed E-state index contributed by atoms with van der Waals surface area (Å²) in [6.07, 6.45) is 2.03. The molecule has 1 nitrogen and oxygen atoms in total. The van der Waals surface area contributed by atoms with Crippen LogP contribution in [0.15, 0.2) is 42.5 Å². The molecule has 0 unspecified atom stereocenters. The van der Waals surface area contributed by atoms with Gasteiger partial charge in [0.1, 0.15) is 0 Å². The van der Waals surface area contributed by atoms with E-state index in [1.54, 1.807) is 0 Å². The van der Waals surface area contributed by atoms with E-state index in [-0.39, 0.29) is 5.41 Å². The van der Waals surface area contributed by atoms with Crippen molar-refractivity contribution in [3.8, 4) is 6.07 Å². The molecule has 3 rings (SSSR count). The summed E-state index contributed by atoms with van der Waals surface area (Å²) in [4.78, 5) is 0. The highest BCUT2D eigenvalue weighted by atomic mass is 14.5. The molecule has 0 N–H and O–H groups in total. The molecule has 1 aliphatic carbocycles. The second-order valence-electron chi connectivity index (χ2n) is 4.26. The second-order valence-corrected chi connectivity index (χ2v) is 4.26. The minimum atomic E-state index is -0.163. The van der Waals surface area contributed by atoms with Gasteiger partial charge >= 0.3 is 0 Å². The topological polar surface area (TPSA) is 23.8 Å². The van der Waals surface area contributed by atoms with Crippen molar-refractivity contribution >= 4 is 10.8 Å². The quantitative estimate of drug-likeness (QED) is 0.681. The van der Waals surface area contributed by atoms with E-state index < -0.39 is 0 Å². The first kappa shape index (κ1) is 8.49. The van der Waals surface area contributed by atoms with Crippen molar-refractivity contribution in [3.05, 3.63) is 48.0 Å². The van der Waals surface area contributed by atoms with Gasteiger partial charge in [0, 0.05) is 0 Å². The molecule has 0 aliphatic heterocycles. The van der Waals surface area contributed by atoms with Crippen LogP contribution in [0.3, 0.4) is 0 Å². The summed E-state index contributed by atoms with van der Waals surface area (Å²) in [5, 5.41) is 11.6. The number of nitriles is 1. The summed E-state index contributed by atoms with van der Waals surface area (Å²) in [6.45, 7) is 0. The molecular weight excluding hydrogens is 182 g/mol. The van der Waals surface area contributed by atoms with E-state index in [1.807, 2.05) is 12.1 Å². The molecule has 72 valence electrons. The van der Waals surface area contributed by atoms with Crippen molar-refractivity contribution in [3.63, 3.8) is 0 Å². The van der Waals surface area contributed by atoms with Crippen LogP contribution < -0.4 is 0 Å². The molecular formula is C14H11N. The molecule has 0 bridgehead atoms. The van der Waals surface area contributed by atoms with Crippen LogP contribution in [0.2, 0.25) is 0 Å². The maximum Gasteiger partial charge on any atom is 0.0824 e. The zero-order valence-electron chi connectivity index (χ0n) is 8.40. The molecule has 1 fully saturated rings. The van der Waals surface area contributed by atoms with Gasteiger partial charge in [0.25, 0.3) is 0 Å². The van der Waals surface area contributed by atoms with Crippen molar-refractivity contribution in [2.24, 2.45) is 0 Å². The first-order valence-electron chi connectivity index (χ1n) is 5.25. The second kappa shape index (κ2) is 2.84. The van der Waals surface area contributed by atoms with Crippen molar-refractivity contribution in [2.45, 2.75) is 18.3 Å². The maximum atomic E-state index is 9.13. The highest BCUT2D eigenvalue weighted by Crippen LogP contribution is 2.47. The van der Waals surface area contributed by atoms with Gasteiger partial charge in [-0.1, -0.05) is 36.4 Å². The van der Waals surface area contributed by atoms with Crippen LogP contribution in [0.5, 0.6) is 0 Å². The van der Waals surface area contributed by atoms with E-state index in [4.69, 9.17) is 5.26 Å². The average molecular weight is 193 g/mol. The van der Waals surface area contributed by atoms with E-state index in [0.717, 1.165) is 12.8 Å². The van der Waals surface area contributed by atoms with Crippen LogP contribution in [0.4, 0.5) is 0 Å². The molecule has 0 saturated heterocycles. The summed E-state index contributed by atoms with van der Waals surface area (Å²) in [5.41, 5.74) is 1.02. The Kier molecular flexibility index (Phi) is 1.61. The van der Waals surface area contributed by atoms with E-state index in [0.29, 0.717) is 0 Å². The number of hydrogen-bond acceptors (Lipinski definition) is 1. The van der Waals surface area contributed by atoms with Crippen LogP contribution in [-0.2, 0) is 5.41 Å². The fraction of sp³-hybridized carbons (Fsp3) is 0.214. The van der Waals surface area contributed by atoms with Gasteiger partial charge in [-0.3, -0.25) is 0 Å². The number of rotatable bonds is 1. The third-order valence-corrected chi connectivity index (χ3v) is 3.27. The summed E-state index contributed by atoms with van der Waals surface area (Å²) in [6, 6.07) is 17.1. The SMILES string of the molecule is N#CC1(c2ccc3ccccc3c2)CC1. The Morgan fingerprint density at radius 1 is 1.00 bits per heavy atom. The third-order valence-electron chi connectivity index (χ3n) is 3.27. The molecule has 15 heavy (non-hydrogen) atoms. The highest BCUT2D eigenvalue weighted by molar-refractivity contribution is 5.83.